The van der Waals surface area contributed by atoms with E-state index in [2.05, 4.69) is 10.5 Å². The maximum absolute atomic E-state index is 12.5. The second-order valence-corrected chi connectivity index (χ2v) is 6.71. The van der Waals surface area contributed by atoms with Crippen LogP contribution in [0.4, 0.5) is 5.88 Å². The molecule has 3 rings (SSSR count). The molecular formula is C22H21ClN2O5. The molecule has 0 unspecified atom stereocenters. The number of benzene rings is 2. The third-order valence-corrected chi connectivity index (χ3v) is 4.35. The monoisotopic (exact) mass is 428 g/mol. The lowest BCUT2D eigenvalue weighted by atomic mass is 10.1. The number of nitrogens with zero attached hydrogens (tertiary/aromatic N) is 1. The minimum Gasteiger partial charge on any atom is -0.494 e. The molecule has 0 fully saturated rings. The number of esters is 1. The molecule has 1 N–H and O–H groups in total. The van der Waals surface area contributed by atoms with Crippen molar-refractivity contribution in [2.24, 2.45) is 0 Å². The summed E-state index contributed by atoms with van der Waals surface area (Å²) in [6.45, 7) is 2.25. The van der Waals surface area contributed by atoms with Gasteiger partial charge in [-0.05, 0) is 37.6 Å². The van der Waals surface area contributed by atoms with Gasteiger partial charge in [0.15, 0.2) is 5.56 Å². The molecule has 0 aliphatic heterocycles. The summed E-state index contributed by atoms with van der Waals surface area (Å²) in [5.41, 5.74) is 0.948. The number of hydrogen-bond acceptors (Lipinski definition) is 6. The number of hydrogen-bond donors (Lipinski definition) is 1. The van der Waals surface area contributed by atoms with E-state index in [1.807, 2.05) is 30.3 Å². The van der Waals surface area contributed by atoms with Crippen LogP contribution in [0.1, 0.15) is 30.1 Å². The van der Waals surface area contributed by atoms with Crippen molar-refractivity contribution < 1.29 is 23.6 Å². The standard InChI is InChI=1S/C22H21ClN2O5/c1-2-28-22(27)19-20(15-10-12-16(23)13-11-15)25-30-21(19)24-18(26)9-6-14-29-17-7-4-3-5-8-17/h3-5,7-8,10-13H,2,6,9,14H2,1H3,(H,24,26). The molecule has 0 aliphatic rings. The highest BCUT2D eigenvalue weighted by molar-refractivity contribution is 6.30. The van der Waals surface area contributed by atoms with Crippen molar-refractivity contribution in [3.8, 4) is 17.0 Å². The normalized spacial score (nSPS) is 10.5. The number of nitrogens with one attached hydrogen (secondary N) is 1. The Bertz CT molecular complexity index is 987. The van der Waals surface area contributed by atoms with E-state index in [1.54, 1.807) is 31.2 Å². The van der Waals surface area contributed by atoms with Gasteiger partial charge in [0.1, 0.15) is 11.4 Å². The Hall–Kier alpha value is -3.32. The molecule has 156 valence electrons. The summed E-state index contributed by atoms with van der Waals surface area (Å²) in [7, 11) is 0. The summed E-state index contributed by atoms with van der Waals surface area (Å²) in [5, 5.41) is 7.10. The van der Waals surface area contributed by atoms with Crippen molar-refractivity contribution in [1.29, 1.82) is 0 Å². The summed E-state index contributed by atoms with van der Waals surface area (Å²) in [6.07, 6.45) is 0.680. The first-order valence-corrected chi connectivity index (χ1v) is 9.86. The van der Waals surface area contributed by atoms with E-state index in [0.717, 1.165) is 5.75 Å². The summed E-state index contributed by atoms with van der Waals surface area (Å²) in [6, 6.07) is 16.1. The van der Waals surface area contributed by atoms with Gasteiger partial charge in [0.05, 0.1) is 13.2 Å². The van der Waals surface area contributed by atoms with Crippen molar-refractivity contribution in [2.75, 3.05) is 18.5 Å². The Morgan fingerprint density at radius 2 is 1.83 bits per heavy atom. The van der Waals surface area contributed by atoms with Crippen molar-refractivity contribution in [1.82, 2.24) is 5.16 Å². The predicted molar refractivity (Wildman–Crippen MR) is 113 cm³/mol. The van der Waals surface area contributed by atoms with Crippen LogP contribution in [0.3, 0.4) is 0 Å². The highest BCUT2D eigenvalue weighted by Crippen LogP contribution is 2.30. The fourth-order valence-electron chi connectivity index (χ4n) is 2.70. The van der Waals surface area contributed by atoms with Crippen molar-refractivity contribution in [2.45, 2.75) is 19.8 Å². The van der Waals surface area contributed by atoms with Gasteiger partial charge in [0.25, 0.3) is 0 Å². The molecule has 0 bridgehead atoms. The average Bonchev–Trinajstić information content (AvgIpc) is 3.16. The van der Waals surface area contributed by atoms with E-state index in [4.69, 9.17) is 25.6 Å². The minimum absolute atomic E-state index is 0.0487. The van der Waals surface area contributed by atoms with Crippen LogP contribution in [-0.4, -0.2) is 30.2 Å². The molecule has 0 saturated carbocycles. The summed E-state index contributed by atoms with van der Waals surface area (Å²) < 4.78 is 15.9. The molecule has 1 amide bonds. The Morgan fingerprint density at radius 3 is 2.53 bits per heavy atom. The fourth-order valence-corrected chi connectivity index (χ4v) is 2.83. The van der Waals surface area contributed by atoms with Crippen LogP contribution >= 0.6 is 11.6 Å². The zero-order chi connectivity index (χ0) is 21.3. The van der Waals surface area contributed by atoms with Gasteiger partial charge in [-0.3, -0.25) is 10.1 Å². The predicted octanol–water partition coefficient (Wildman–Crippen LogP) is 4.97. The van der Waals surface area contributed by atoms with Crippen LogP contribution in [0.25, 0.3) is 11.3 Å². The van der Waals surface area contributed by atoms with Gasteiger partial charge < -0.3 is 14.0 Å². The second kappa shape index (κ2) is 10.5. The Morgan fingerprint density at radius 1 is 1.10 bits per heavy atom. The van der Waals surface area contributed by atoms with Gasteiger partial charge in [-0.1, -0.05) is 47.1 Å². The van der Waals surface area contributed by atoms with E-state index in [0.29, 0.717) is 23.6 Å². The molecule has 0 radical (unpaired) electrons. The number of para-hydroxylation sites is 1. The molecule has 0 saturated heterocycles. The molecule has 2 aromatic carbocycles. The fraction of sp³-hybridized carbons (Fsp3) is 0.227. The smallest absolute Gasteiger partial charge is 0.346 e. The van der Waals surface area contributed by atoms with Gasteiger partial charge >= 0.3 is 5.97 Å². The lowest BCUT2D eigenvalue weighted by molar-refractivity contribution is -0.116. The molecule has 3 aromatic rings. The molecule has 1 aromatic heterocycles. The first-order valence-electron chi connectivity index (χ1n) is 9.49. The number of aromatic nitrogens is 1. The average molecular weight is 429 g/mol. The quantitative estimate of drug-likeness (QED) is 0.382. The van der Waals surface area contributed by atoms with Crippen molar-refractivity contribution in [3.05, 3.63) is 65.2 Å². The minimum atomic E-state index is -0.633. The zero-order valence-electron chi connectivity index (χ0n) is 16.4. The molecule has 7 nitrogen and oxygen atoms in total. The van der Waals surface area contributed by atoms with E-state index < -0.39 is 5.97 Å². The lowest BCUT2D eigenvalue weighted by Crippen LogP contribution is -2.15. The molecule has 0 atom stereocenters. The van der Waals surface area contributed by atoms with Gasteiger partial charge in [0, 0.05) is 17.0 Å². The van der Waals surface area contributed by atoms with Gasteiger partial charge in [-0.15, -0.1) is 0 Å². The number of ether oxygens (including phenoxy) is 2. The van der Waals surface area contributed by atoms with Crippen LogP contribution in [0.15, 0.2) is 59.1 Å². The highest BCUT2D eigenvalue weighted by Gasteiger charge is 2.26. The molecule has 0 spiro atoms. The number of carbonyl (C=O) groups excluding carboxylic acids is 2. The summed E-state index contributed by atoms with van der Waals surface area (Å²) in [5.74, 6) is -0.264. The largest absolute Gasteiger partial charge is 0.494 e. The molecule has 0 aliphatic carbocycles. The van der Waals surface area contributed by atoms with Gasteiger partial charge in [-0.2, -0.15) is 0 Å². The van der Waals surface area contributed by atoms with E-state index in [1.165, 1.54) is 0 Å². The van der Waals surface area contributed by atoms with Crippen molar-refractivity contribution >= 4 is 29.4 Å². The Labute approximate surface area is 178 Å². The Balaban J connectivity index is 1.66. The SMILES string of the molecule is CCOC(=O)c1c(-c2ccc(Cl)cc2)noc1NC(=O)CCCOc1ccccc1. The Kier molecular flexibility index (Phi) is 7.45. The first kappa shape index (κ1) is 21.4. The molecule has 1 heterocycles. The van der Waals surface area contributed by atoms with Crippen molar-refractivity contribution in [3.63, 3.8) is 0 Å². The summed E-state index contributed by atoms with van der Waals surface area (Å²) in [4.78, 5) is 24.8. The third-order valence-electron chi connectivity index (χ3n) is 4.10. The van der Waals surface area contributed by atoms with Gasteiger partial charge in [0.2, 0.25) is 11.8 Å². The second-order valence-electron chi connectivity index (χ2n) is 6.28. The molecule has 30 heavy (non-hydrogen) atoms. The van der Waals surface area contributed by atoms with E-state index in [9.17, 15) is 9.59 Å². The van der Waals surface area contributed by atoms with E-state index in [-0.39, 0.29) is 36.1 Å². The number of amides is 1. The first-order chi connectivity index (χ1) is 14.6. The van der Waals surface area contributed by atoms with E-state index >= 15 is 0 Å². The van der Waals surface area contributed by atoms with Crippen LogP contribution in [0.2, 0.25) is 5.02 Å². The maximum atomic E-state index is 12.5. The number of rotatable bonds is 9. The van der Waals surface area contributed by atoms with Crippen LogP contribution in [0, 0.1) is 0 Å². The number of anilines is 1. The highest BCUT2D eigenvalue weighted by atomic mass is 35.5. The van der Waals surface area contributed by atoms with Crippen LogP contribution in [0.5, 0.6) is 5.75 Å². The van der Waals surface area contributed by atoms with Crippen LogP contribution in [-0.2, 0) is 9.53 Å². The maximum Gasteiger partial charge on any atom is 0.346 e. The number of carbonyl (C=O) groups is 2. The van der Waals surface area contributed by atoms with Crippen LogP contribution < -0.4 is 10.1 Å². The topological polar surface area (TPSA) is 90.7 Å². The zero-order valence-corrected chi connectivity index (χ0v) is 17.1. The molecular weight excluding hydrogens is 408 g/mol. The summed E-state index contributed by atoms with van der Waals surface area (Å²) >= 11 is 5.92. The third kappa shape index (κ3) is 5.61. The molecule has 8 heteroatoms. The number of halogens is 1. The lowest BCUT2D eigenvalue weighted by Gasteiger charge is -2.07. The van der Waals surface area contributed by atoms with Gasteiger partial charge in [-0.25, -0.2) is 4.79 Å².